The van der Waals surface area contributed by atoms with Crippen molar-refractivity contribution in [2.24, 2.45) is 5.92 Å². The fourth-order valence-electron chi connectivity index (χ4n) is 2.50. The Labute approximate surface area is 158 Å². The lowest BCUT2D eigenvalue weighted by molar-refractivity contribution is -0.144. The number of benzene rings is 1. The summed E-state index contributed by atoms with van der Waals surface area (Å²) in [6.45, 7) is 3.97. The summed E-state index contributed by atoms with van der Waals surface area (Å²) in [5.41, 5.74) is 0.656. The molecule has 1 amide bonds. The number of hydrogen-bond donors (Lipinski definition) is 1. The van der Waals surface area contributed by atoms with E-state index >= 15 is 0 Å². The molecule has 0 aliphatic heterocycles. The van der Waals surface area contributed by atoms with Gasteiger partial charge in [0.2, 0.25) is 0 Å². The van der Waals surface area contributed by atoms with E-state index in [0.717, 1.165) is 12.8 Å². The van der Waals surface area contributed by atoms with Crippen LogP contribution in [0.3, 0.4) is 0 Å². The number of methoxy groups -OCH3 is 1. The van der Waals surface area contributed by atoms with Gasteiger partial charge >= 0.3 is 5.97 Å². The van der Waals surface area contributed by atoms with Gasteiger partial charge in [-0.05, 0) is 56.4 Å². The Hall–Kier alpha value is -2.21. The highest BCUT2D eigenvalue weighted by molar-refractivity contribution is 6.32. The van der Waals surface area contributed by atoms with Gasteiger partial charge in [-0.2, -0.15) is 0 Å². The molecule has 1 aromatic carbocycles. The standard InChI is InChI=1S/C19H24ClNO5/c1-4-25-16-10-13(9-15(20)19(16)24-3)5-8-18(23)26-11-17(22)21-12(2)14-6-7-14/h5,8-10,12,14H,4,6-7,11H2,1-3H3,(H,21,22)/b8-5+. The number of carbonyl (C=O) groups excluding carboxylic acids is 2. The van der Waals surface area contributed by atoms with Gasteiger partial charge in [-0.3, -0.25) is 4.79 Å². The molecule has 0 spiro atoms. The van der Waals surface area contributed by atoms with Gasteiger partial charge in [-0.1, -0.05) is 11.6 Å². The lowest BCUT2D eigenvalue weighted by Crippen LogP contribution is -2.36. The Kier molecular flexibility index (Phi) is 7.33. The Balaban J connectivity index is 1.89. The van der Waals surface area contributed by atoms with Crippen molar-refractivity contribution in [3.05, 3.63) is 28.8 Å². The van der Waals surface area contributed by atoms with E-state index < -0.39 is 5.97 Å². The minimum atomic E-state index is -0.607. The van der Waals surface area contributed by atoms with Gasteiger partial charge in [-0.15, -0.1) is 0 Å². The number of rotatable bonds is 9. The summed E-state index contributed by atoms with van der Waals surface area (Å²) in [7, 11) is 1.51. The molecule has 0 saturated heterocycles. The topological polar surface area (TPSA) is 73.9 Å². The first-order valence-electron chi connectivity index (χ1n) is 8.59. The third-order valence-corrected chi connectivity index (χ3v) is 4.29. The molecule has 1 aromatic rings. The maximum atomic E-state index is 11.8. The van der Waals surface area contributed by atoms with E-state index in [1.165, 1.54) is 13.2 Å². The Morgan fingerprint density at radius 3 is 2.73 bits per heavy atom. The summed E-state index contributed by atoms with van der Waals surface area (Å²) in [5.74, 6) is 0.578. The van der Waals surface area contributed by atoms with E-state index in [0.29, 0.717) is 34.6 Å². The van der Waals surface area contributed by atoms with Crippen LogP contribution in [0.25, 0.3) is 6.08 Å². The number of amides is 1. The van der Waals surface area contributed by atoms with Gasteiger partial charge in [-0.25, -0.2) is 4.79 Å². The van der Waals surface area contributed by atoms with E-state index in [1.54, 1.807) is 18.2 Å². The number of nitrogens with one attached hydrogen (secondary N) is 1. The number of esters is 1. The first-order valence-corrected chi connectivity index (χ1v) is 8.97. The zero-order valence-corrected chi connectivity index (χ0v) is 16.0. The summed E-state index contributed by atoms with van der Waals surface area (Å²) in [4.78, 5) is 23.5. The SMILES string of the molecule is CCOc1cc(/C=C/C(=O)OCC(=O)NC(C)C2CC2)cc(Cl)c1OC. The van der Waals surface area contributed by atoms with Gasteiger partial charge in [0.1, 0.15) is 0 Å². The zero-order valence-electron chi connectivity index (χ0n) is 15.2. The summed E-state index contributed by atoms with van der Waals surface area (Å²) >= 11 is 6.16. The highest BCUT2D eigenvalue weighted by Crippen LogP contribution is 2.36. The molecule has 0 bridgehead atoms. The van der Waals surface area contributed by atoms with Crippen molar-refractivity contribution >= 4 is 29.6 Å². The van der Waals surface area contributed by atoms with Crippen molar-refractivity contribution in [3.63, 3.8) is 0 Å². The van der Waals surface area contributed by atoms with E-state index in [9.17, 15) is 9.59 Å². The molecule has 26 heavy (non-hydrogen) atoms. The highest BCUT2D eigenvalue weighted by Gasteiger charge is 2.28. The van der Waals surface area contributed by atoms with Crippen molar-refractivity contribution in [2.75, 3.05) is 20.3 Å². The minimum absolute atomic E-state index is 0.121. The summed E-state index contributed by atoms with van der Waals surface area (Å²) in [6, 6.07) is 3.48. The molecule has 6 nitrogen and oxygen atoms in total. The van der Waals surface area contributed by atoms with Crippen molar-refractivity contribution in [1.29, 1.82) is 0 Å². The molecule has 0 heterocycles. The van der Waals surface area contributed by atoms with E-state index in [1.807, 2.05) is 13.8 Å². The maximum absolute atomic E-state index is 11.8. The van der Waals surface area contributed by atoms with Gasteiger partial charge in [0.15, 0.2) is 18.1 Å². The second kappa shape index (κ2) is 9.48. The molecule has 1 saturated carbocycles. The van der Waals surface area contributed by atoms with Crippen molar-refractivity contribution < 1.29 is 23.8 Å². The van der Waals surface area contributed by atoms with Gasteiger partial charge in [0.25, 0.3) is 5.91 Å². The number of ether oxygens (including phenoxy) is 3. The maximum Gasteiger partial charge on any atom is 0.331 e. The molecule has 0 radical (unpaired) electrons. The van der Waals surface area contributed by atoms with Crippen LogP contribution in [0, 0.1) is 5.92 Å². The van der Waals surface area contributed by atoms with Crippen LogP contribution in [-0.4, -0.2) is 38.2 Å². The van der Waals surface area contributed by atoms with Crippen LogP contribution >= 0.6 is 11.6 Å². The number of hydrogen-bond acceptors (Lipinski definition) is 5. The van der Waals surface area contributed by atoms with E-state index in [2.05, 4.69) is 5.32 Å². The van der Waals surface area contributed by atoms with Crippen LogP contribution in [0.15, 0.2) is 18.2 Å². The highest BCUT2D eigenvalue weighted by atomic mass is 35.5. The summed E-state index contributed by atoms with van der Waals surface area (Å²) < 4.78 is 15.6. The second-order valence-electron chi connectivity index (χ2n) is 6.10. The van der Waals surface area contributed by atoms with Crippen molar-refractivity contribution in [3.8, 4) is 11.5 Å². The summed E-state index contributed by atoms with van der Waals surface area (Å²) in [5, 5.41) is 3.20. The van der Waals surface area contributed by atoms with Crippen LogP contribution in [-0.2, 0) is 14.3 Å². The van der Waals surface area contributed by atoms with Gasteiger partial charge in [0.05, 0.1) is 18.7 Å². The third-order valence-electron chi connectivity index (χ3n) is 4.01. The first kappa shape index (κ1) is 20.1. The molecule has 1 atom stereocenters. The minimum Gasteiger partial charge on any atom is -0.491 e. The zero-order chi connectivity index (χ0) is 19.1. The fraction of sp³-hybridized carbons (Fsp3) is 0.474. The van der Waals surface area contributed by atoms with Crippen LogP contribution in [0.5, 0.6) is 11.5 Å². The van der Waals surface area contributed by atoms with Gasteiger partial charge in [0, 0.05) is 12.1 Å². The number of carbonyl (C=O) groups is 2. The molecule has 1 aliphatic carbocycles. The molecule has 1 fully saturated rings. The average Bonchev–Trinajstić information content (AvgIpc) is 3.43. The third kappa shape index (κ3) is 5.95. The predicted octanol–water partition coefficient (Wildman–Crippen LogP) is 3.22. The molecular formula is C19H24ClNO5. The smallest absolute Gasteiger partial charge is 0.331 e. The quantitative estimate of drug-likeness (QED) is 0.525. The first-order chi connectivity index (χ1) is 12.4. The molecule has 1 unspecified atom stereocenters. The lowest BCUT2D eigenvalue weighted by atomic mass is 10.2. The largest absolute Gasteiger partial charge is 0.491 e. The fourth-order valence-corrected chi connectivity index (χ4v) is 2.80. The van der Waals surface area contributed by atoms with E-state index in [4.69, 9.17) is 25.8 Å². The summed E-state index contributed by atoms with van der Waals surface area (Å²) in [6.07, 6.45) is 5.06. The van der Waals surface area contributed by atoms with Crippen LogP contribution < -0.4 is 14.8 Å². The molecular weight excluding hydrogens is 358 g/mol. The second-order valence-corrected chi connectivity index (χ2v) is 6.51. The average molecular weight is 382 g/mol. The van der Waals surface area contributed by atoms with Crippen LogP contribution in [0.1, 0.15) is 32.3 Å². The van der Waals surface area contributed by atoms with Crippen LogP contribution in [0.2, 0.25) is 5.02 Å². The molecule has 0 aromatic heterocycles. The predicted molar refractivity (Wildman–Crippen MR) is 99.5 cm³/mol. The van der Waals surface area contributed by atoms with E-state index in [-0.39, 0.29) is 18.6 Å². The molecule has 2 rings (SSSR count). The monoisotopic (exact) mass is 381 g/mol. The lowest BCUT2D eigenvalue weighted by Gasteiger charge is -2.12. The molecule has 1 aliphatic rings. The number of halogens is 1. The molecule has 7 heteroatoms. The molecule has 1 N–H and O–H groups in total. The van der Waals surface area contributed by atoms with Crippen molar-refractivity contribution in [1.82, 2.24) is 5.32 Å². The molecule has 142 valence electrons. The Bertz CT molecular complexity index is 685. The van der Waals surface area contributed by atoms with Crippen LogP contribution in [0.4, 0.5) is 0 Å². The Morgan fingerprint density at radius 2 is 2.12 bits per heavy atom. The van der Waals surface area contributed by atoms with Crippen molar-refractivity contribution in [2.45, 2.75) is 32.7 Å². The Morgan fingerprint density at radius 1 is 1.38 bits per heavy atom. The normalized spacial score (nSPS) is 14.8. The van der Waals surface area contributed by atoms with Gasteiger partial charge < -0.3 is 19.5 Å².